The number of carbonyl (C=O) groups excluding carboxylic acids is 2. The Hall–Kier alpha value is -2.91. The number of benzene rings is 2. The predicted molar refractivity (Wildman–Crippen MR) is 106 cm³/mol. The molecular weight excluding hydrogens is 396 g/mol. The second-order valence-corrected chi connectivity index (χ2v) is 8.37. The van der Waals surface area contributed by atoms with E-state index < -0.39 is 28.5 Å². The average Bonchev–Trinajstić information content (AvgIpc) is 3.28. The molecular formula is C20H22N2O6S. The highest BCUT2D eigenvalue weighted by Gasteiger charge is 2.30. The molecule has 0 unspecified atom stereocenters. The van der Waals surface area contributed by atoms with Crippen LogP contribution in [0.3, 0.4) is 0 Å². The van der Waals surface area contributed by atoms with Crippen LogP contribution in [0.2, 0.25) is 0 Å². The molecule has 2 aromatic rings. The van der Waals surface area contributed by atoms with Crippen molar-refractivity contribution in [2.24, 2.45) is 0 Å². The summed E-state index contributed by atoms with van der Waals surface area (Å²) in [6, 6.07) is 12.8. The van der Waals surface area contributed by atoms with Gasteiger partial charge in [0.05, 0.1) is 12.7 Å². The van der Waals surface area contributed by atoms with Gasteiger partial charge in [0, 0.05) is 18.8 Å². The fraction of sp³-hybridized carbons (Fsp3) is 0.300. The quantitative estimate of drug-likeness (QED) is 0.692. The average molecular weight is 418 g/mol. The van der Waals surface area contributed by atoms with Gasteiger partial charge in [-0.15, -0.1) is 0 Å². The maximum Gasteiger partial charge on any atom is 0.338 e. The Bertz CT molecular complexity index is 985. The minimum absolute atomic E-state index is 0.0242. The van der Waals surface area contributed by atoms with Crippen LogP contribution in [0, 0.1) is 0 Å². The molecule has 1 aliphatic heterocycles. The lowest BCUT2D eigenvalue weighted by Gasteiger charge is -2.18. The summed E-state index contributed by atoms with van der Waals surface area (Å²) in [5, 5.41) is 2.60. The van der Waals surface area contributed by atoms with Gasteiger partial charge >= 0.3 is 5.97 Å². The van der Waals surface area contributed by atoms with Crippen LogP contribution in [0.1, 0.15) is 23.2 Å². The van der Waals surface area contributed by atoms with Crippen LogP contribution in [0.5, 0.6) is 5.75 Å². The van der Waals surface area contributed by atoms with Gasteiger partial charge in [-0.3, -0.25) is 4.79 Å². The van der Waals surface area contributed by atoms with Crippen LogP contribution in [-0.2, 0) is 19.6 Å². The van der Waals surface area contributed by atoms with Gasteiger partial charge in [-0.1, -0.05) is 18.2 Å². The third-order valence-electron chi connectivity index (χ3n) is 4.47. The maximum absolute atomic E-state index is 12.9. The van der Waals surface area contributed by atoms with Gasteiger partial charge in [-0.05, 0) is 43.2 Å². The van der Waals surface area contributed by atoms with E-state index in [9.17, 15) is 18.0 Å². The van der Waals surface area contributed by atoms with Crippen LogP contribution < -0.4 is 10.1 Å². The van der Waals surface area contributed by atoms with E-state index in [-0.39, 0.29) is 16.2 Å². The fourth-order valence-electron chi connectivity index (χ4n) is 3.01. The van der Waals surface area contributed by atoms with E-state index >= 15 is 0 Å². The molecule has 0 spiro atoms. The molecule has 0 aliphatic carbocycles. The van der Waals surface area contributed by atoms with Crippen molar-refractivity contribution in [3.63, 3.8) is 0 Å². The molecule has 29 heavy (non-hydrogen) atoms. The second kappa shape index (κ2) is 9.06. The van der Waals surface area contributed by atoms with Crippen molar-refractivity contribution in [3.05, 3.63) is 54.1 Å². The first kappa shape index (κ1) is 20.8. The highest BCUT2D eigenvalue weighted by Crippen LogP contribution is 2.30. The van der Waals surface area contributed by atoms with Crippen molar-refractivity contribution in [3.8, 4) is 5.75 Å². The number of hydrogen-bond acceptors (Lipinski definition) is 6. The smallest absolute Gasteiger partial charge is 0.338 e. The summed E-state index contributed by atoms with van der Waals surface area (Å²) in [5.41, 5.74) is 0.605. The molecule has 1 amide bonds. The Morgan fingerprint density at radius 1 is 1.07 bits per heavy atom. The summed E-state index contributed by atoms with van der Waals surface area (Å²) in [6.07, 6.45) is 1.58. The number of anilines is 1. The molecule has 2 aromatic carbocycles. The number of carbonyl (C=O) groups is 2. The third kappa shape index (κ3) is 4.93. The number of methoxy groups -OCH3 is 1. The van der Waals surface area contributed by atoms with Gasteiger partial charge in [0.1, 0.15) is 10.6 Å². The van der Waals surface area contributed by atoms with Gasteiger partial charge in [-0.2, -0.15) is 4.31 Å². The Kier molecular flexibility index (Phi) is 6.50. The zero-order chi connectivity index (χ0) is 20.9. The van der Waals surface area contributed by atoms with E-state index in [0.29, 0.717) is 18.8 Å². The third-order valence-corrected chi connectivity index (χ3v) is 6.39. The number of nitrogens with one attached hydrogen (secondary N) is 1. The topological polar surface area (TPSA) is 102 Å². The minimum atomic E-state index is -3.79. The lowest BCUT2D eigenvalue weighted by molar-refractivity contribution is -0.119. The molecule has 0 saturated carbocycles. The van der Waals surface area contributed by atoms with E-state index in [2.05, 4.69) is 5.32 Å². The number of esters is 1. The van der Waals surface area contributed by atoms with E-state index in [4.69, 9.17) is 9.47 Å². The minimum Gasteiger partial charge on any atom is -0.495 e. The molecule has 1 heterocycles. The molecule has 0 atom stereocenters. The Labute approximate surface area is 169 Å². The van der Waals surface area contributed by atoms with Crippen molar-refractivity contribution in [1.82, 2.24) is 4.31 Å². The number of amides is 1. The Morgan fingerprint density at radius 2 is 1.76 bits per heavy atom. The van der Waals surface area contributed by atoms with Gasteiger partial charge in [0.15, 0.2) is 6.61 Å². The molecule has 0 aromatic heterocycles. The van der Waals surface area contributed by atoms with E-state index in [1.165, 1.54) is 29.6 Å². The fourth-order valence-corrected chi connectivity index (χ4v) is 4.70. The first-order valence-electron chi connectivity index (χ1n) is 9.12. The molecule has 9 heteroatoms. The molecule has 0 bridgehead atoms. The van der Waals surface area contributed by atoms with Gasteiger partial charge < -0.3 is 14.8 Å². The zero-order valence-electron chi connectivity index (χ0n) is 16.0. The maximum atomic E-state index is 12.9. The van der Waals surface area contributed by atoms with Crippen LogP contribution >= 0.6 is 0 Å². The first-order chi connectivity index (χ1) is 13.9. The Balaban J connectivity index is 1.71. The summed E-state index contributed by atoms with van der Waals surface area (Å²) >= 11 is 0. The monoisotopic (exact) mass is 418 g/mol. The van der Waals surface area contributed by atoms with Crippen molar-refractivity contribution < 1.29 is 27.5 Å². The highest BCUT2D eigenvalue weighted by atomic mass is 32.2. The second-order valence-electron chi connectivity index (χ2n) is 6.47. The summed E-state index contributed by atoms with van der Waals surface area (Å²) in [5.74, 6) is -1.15. The SMILES string of the molecule is COc1ccc(C(=O)OCC(=O)Nc2ccccc2)cc1S(=O)(=O)N1CCCC1. The number of rotatable bonds is 7. The molecule has 3 rings (SSSR count). The standard InChI is InChI=1S/C20H22N2O6S/c1-27-17-10-9-15(13-18(17)29(25,26)22-11-5-6-12-22)20(24)28-14-19(23)21-16-7-3-2-4-8-16/h2-4,7-10,13H,5-6,11-12,14H2,1H3,(H,21,23). The van der Waals surface area contributed by atoms with Crippen LogP contribution in [0.15, 0.2) is 53.4 Å². The molecule has 1 saturated heterocycles. The molecule has 0 radical (unpaired) electrons. The summed E-state index contributed by atoms with van der Waals surface area (Å²) in [6.45, 7) is 0.369. The van der Waals surface area contributed by atoms with Gasteiger partial charge in [-0.25, -0.2) is 13.2 Å². The van der Waals surface area contributed by atoms with Crippen molar-refractivity contribution >= 4 is 27.6 Å². The zero-order valence-corrected chi connectivity index (χ0v) is 16.8. The molecule has 1 fully saturated rings. The number of nitrogens with zero attached hydrogens (tertiary/aromatic N) is 1. The van der Waals surface area contributed by atoms with Crippen LogP contribution in [0.25, 0.3) is 0 Å². The van der Waals surface area contributed by atoms with E-state index in [1.807, 2.05) is 6.07 Å². The predicted octanol–water partition coefficient (Wildman–Crippen LogP) is 2.28. The molecule has 1 aliphatic rings. The van der Waals surface area contributed by atoms with Crippen LogP contribution in [0.4, 0.5) is 5.69 Å². The molecule has 154 valence electrons. The molecule has 1 N–H and O–H groups in total. The highest BCUT2D eigenvalue weighted by molar-refractivity contribution is 7.89. The normalized spacial score (nSPS) is 14.4. The van der Waals surface area contributed by atoms with Gasteiger partial charge in [0.25, 0.3) is 5.91 Å². The Morgan fingerprint density at radius 3 is 2.41 bits per heavy atom. The largest absolute Gasteiger partial charge is 0.495 e. The van der Waals surface area contributed by atoms with E-state index in [1.54, 1.807) is 24.3 Å². The van der Waals surface area contributed by atoms with Gasteiger partial charge in [0.2, 0.25) is 10.0 Å². The van der Waals surface area contributed by atoms with Crippen molar-refractivity contribution in [2.45, 2.75) is 17.7 Å². The lowest BCUT2D eigenvalue weighted by atomic mass is 10.2. The number of para-hydroxylation sites is 1. The lowest BCUT2D eigenvalue weighted by Crippen LogP contribution is -2.28. The number of hydrogen-bond donors (Lipinski definition) is 1. The number of ether oxygens (including phenoxy) is 2. The summed E-state index contributed by atoms with van der Waals surface area (Å²) < 4.78 is 37.3. The first-order valence-corrected chi connectivity index (χ1v) is 10.6. The van der Waals surface area contributed by atoms with Crippen LogP contribution in [-0.4, -0.2) is 51.4 Å². The summed E-state index contributed by atoms with van der Waals surface area (Å²) in [4.78, 5) is 24.2. The van der Waals surface area contributed by atoms with Crippen molar-refractivity contribution in [2.75, 3.05) is 32.1 Å². The summed E-state index contributed by atoms with van der Waals surface area (Å²) in [7, 11) is -2.42. The van der Waals surface area contributed by atoms with Crippen molar-refractivity contribution in [1.29, 1.82) is 0 Å². The number of sulfonamides is 1. The molecule has 8 nitrogen and oxygen atoms in total. The van der Waals surface area contributed by atoms with E-state index in [0.717, 1.165) is 12.8 Å².